The van der Waals surface area contributed by atoms with Gasteiger partial charge in [-0.2, -0.15) is 0 Å². The van der Waals surface area contributed by atoms with E-state index in [2.05, 4.69) is 200 Å². The molecule has 0 N–H and O–H groups in total. The van der Waals surface area contributed by atoms with Gasteiger partial charge in [0.15, 0.2) is 17.5 Å². The van der Waals surface area contributed by atoms with Crippen molar-refractivity contribution in [2.75, 3.05) is 0 Å². The molecule has 0 aliphatic heterocycles. The summed E-state index contributed by atoms with van der Waals surface area (Å²) in [6.45, 7) is 0. The molecule has 12 aromatic rings. The summed E-state index contributed by atoms with van der Waals surface area (Å²) < 4.78 is 2.41. The first-order chi connectivity index (χ1) is 29.2. The van der Waals surface area contributed by atoms with E-state index in [1.165, 1.54) is 52.5 Å². The largest absolute Gasteiger partial charge is 0.208 e. The fraction of sp³-hybridized carbons (Fsp3) is 0. The van der Waals surface area contributed by atoms with Crippen LogP contribution < -0.4 is 0 Å². The van der Waals surface area contributed by atoms with Gasteiger partial charge < -0.3 is 0 Å². The molecular formula is C55H33N3S. The number of hydrogen-bond donors (Lipinski definition) is 0. The summed E-state index contributed by atoms with van der Waals surface area (Å²) in [7, 11) is 0. The summed E-state index contributed by atoms with van der Waals surface area (Å²) in [6, 6.07) is 71.6. The highest BCUT2D eigenvalue weighted by molar-refractivity contribution is 7.26. The summed E-state index contributed by atoms with van der Waals surface area (Å²) in [5.74, 6) is 1.92. The Morgan fingerprint density at radius 1 is 0.288 bits per heavy atom. The number of fused-ring (bicyclic) bond motifs is 8. The van der Waals surface area contributed by atoms with Gasteiger partial charge in [-0.15, -0.1) is 11.3 Å². The molecule has 0 fully saturated rings. The first-order valence-electron chi connectivity index (χ1n) is 19.9. The molecule has 0 radical (unpaired) electrons. The summed E-state index contributed by atoms with van der Waals surface area (Å²) in [4.78, 5) is 16.5. The van der Waals surface area contributed by atoms with Crippen molar-refractivity contribution in [3.05, 3.63) is 200 Å². The first-order valence-corrected chi connectivity index (χ1v) is 20.8. The van der Waals surface area contributed by atoms with Gasteiger partial charge in [0.2, 0.25) is 0 Å². The van der Waals surface area contributed by atoms with Gasteiger partial charge in [0.1, 0.15) is 0 Å². The zero-order chi connectivity index (χ0) is 38.9. The Bertz CT molecular complexity index is 3640. The van der Waals surface area contributed by atoms with Gasteiger partial charge in [-0.25, -0.2) is 15.0 Å². The van der Waals surface area contributed by atoms with Gasteiger partial charge in [0.25, 0.3) is 0 Å². The van der Waals surface area contributed by atoms with Crippen molar-refractivity contribution < 1.29 is 0 Å². The van der Waals surface area contributed by atoms with E-state index in [-0.39, 0.29) is 0 Å². The molecule has 274 valence electrons. The molecule has 0 spiro atoms. The van der Waals surface area contributed by atoms with Crippen molar-refractivity contribution in [3.63, 3.8) is 0 Å². The van der Waals surface area contributed by atoms with Crippen molar-refractivity contribution >= 4 is 74.6 Å². The highest BCUT2D eigenvalue weighted by atomic mass is 32.1. The Morgan fingerprint density at radius 3 is 1.71 bits per heavy atom. The van der Waals surface area contributed by atoms with E-state index in [1.54, 1.807) is 11.3 Å². The van der Waals surface area contributed by atoms with Gasteiger partial charge in [-0.3, -0.25) is 0 Å². The average molecular weight is 768 g/mol. The van der Waals surface area contributed by atoms with Crippen LogP contribution in [0.4, 0.5) is 0 Å². The predicted octanol–water partition coefficient (Wildman–Crippen LogP) is 15.2. The van der Waals surface area contributed by atoms with Crippen LogP contribution >= 0.6 is 11.3 Å². The fourth-order valence-electron chi connectivity index (χ4n) is 8.95. The van der Waals surface area contributed by atoms with E-state index in [0.29, 0.717) is 17.5 Å². The minimum atomic E-state index is 0.633. The monoisotopic (exact) mass is 767 g/mol. The standard InChI is InChI=1S/C55H33N3S/c1-2-16-36-32-38(29-28-34(36)14-1)41-31-30-35-15-3-6-19-40(35)51(41)55-57-53(56-54(58-55)48-26-13-25-46-45-23-11-12-27-50(45)59-52(46)48)47-24-10-9-22-44(47)49-33-37-17-4-5-18-39(37)42-20-7-8-21-43(42)49/h1-33H. The molecule has 0 aliphatic rings. The molecule has 0 aliphatic carbocycles. The number of aromatic nitrogens is 3. The van der Waals surface area contributed by atoms with Crippen LogP contribution in [-0.4, -0.2) is 15.0 Å². The number of benzene rings is 10. The van der Waals surface area contributed by atoms with Crippen molar-refractivity contribution in [2.24, 2.45) is 0 Å². The van der Waals surface area contributed by atoms with Gasteiger partial charge in [0, 0.05) is 36.9 Å². The lowest BCUT2D eigenvalue weighted by atomic mass is 9.90. The molecule has 4 heteroatoms. The van der Waals surface area contributed by atoms with Crippen molar-refractivity contribution in [2.45, 2.75) is 0 Å². The van der Waals surface area contributed by atoms with Gasteiger partial charge in [-0.1, -0.05) is 176 Å². The Morgan fingerprint density at radius 2 is 0.864 bits per heavy atom. The molecule has 59 heavy (non-hydrogen) atoms. The highest BCUT2D eigenvalue weighted by Gasteiger charge is 2.22. The van der Waals surface area contributed by atoms with Crippen LogP contribution in [0.3, 0.4) is 0 Å². The third kappa shape index (κ3) is 5.53. The summed E-state index contributed by atoms with van der Waals surface area (Å²) in [5.41, 5.74) is 7.34. The minimum absolute atomic E-state index is 0.633. The van der Waals surface area contributed by atoms with Crippen LogP contribution in [0.15, 0.2) is 200 Å². The van der Waals surface area contributed by atoms with E-state index >= 15 is 0 Å². The van der Waals surface area contributed by atoms with Crippen LogP contribution in [0.25, 0.3) is 120 Å². The normalized spacial score (nSPS) is 11.7. The Labute approximate surface area is 344 Å². The first kappa shape index (κ1) is 33.6. The van der Waals surface area contributed by atoms with Crippen molar-refractivity contribution in [3.8, 4) is 56.4 Å². The summed E-state index contributed by atoms with van der Waals surface area (Å²) in [6.07, 6.45) is 0. The lowest BCUT2D eigenvalue weighted by Gasteiger charge is -2.17. The Balaban J connectivity index is 1.17. The number of thiophene rings is 1. The molecule has 2 aromatic heterocycles. The third-order valence-electron chi connectivity index (χ3n) is 11.7. The molecule has 0 amide bonds. The lowest BCUT2D eigenvalue weighted by Crippen LogP contribution is -2.02. The van der Waals surface area contributed by atoms with Crippen LogP contribution in [0.2, 0.25) is 0 Å². The van der Waals surface area contributed by atoms with Crippen LogP contribution in [0, 0.1) is 0 Å². The van der Waals surface area contributed by atoms with Crippen LogP contribution in [0.5, 0.6) is 0 Å². The zero-order valence-electron chi connectivity index (χ0n) is 31.8. The Hall–Kier alpha value is -7.53. The smallest absolute Gasteiger partial charge is 0.165 e. The highest BCUT2D eigenvalue weighted by Crippen LogP contribution is 2.44. The number of rotatable bonds is 5. The topological polar surface area (TPSA) is 38.7 Å². The SMILES string of the molecule is c1ccc(-c2cc3ccccc3c3ccccc23)c(-c2nc(-c3c(-c4ccc5ccccc5c4)ccc4ccccc34)nc(-c3cccc4c3sc3ccccc34)n2)c1. The number of nitrogens with zero attached hydrogens (tertiary/aromatic N) is 3. The molecule has 0 bridgehead atoms. The second-order valence-electron chi connectivity index (χ2n) is 15.1. The molecule has 0 unspecified atom stereocenters. The molecule has 0 atom stereocenters. The summed E-state index contributed by atoms with van der Waals surface area (Å²) in [5, 5.41) is 11.9. The van der Waals surface area contributed by atoms with Gasteiger partial charge in [-0.05, 0) is 89.6 Å². The zero-order valence-corrected chi connectivity index (χ0v) is 32.6. The van der Waals surface area contributed by atoms with Gasteiger partial charge >= 0.3 is 0 Å². The van der Waals surface area contributed by atoms with Gasteiger partial charge in [0.05, 0.1) is 0 Å². The molecule has 10 aromatic carbocycles. The molecule has 3 nitrogen and oxygen atoms in total. The lowest BCUT2D eigenvalue weighted by molar-refractivity contribution is 1.08. The predicted molar refractivity (Wildman–Crippen MR) is 250 cm³/mol. The molecule has 2 heterocycles. The summed E-state index contributed by atoms with van der Waals surface area (Å²) >= 11 is 1.79. The molecule has 12 rings (SSSR count). The van der Waals surface area contributed by atoms with E-state index in [1.807, 2.05) is 0 Å². The molecule has 0 saturated carbocycles. The third-order valence-corrected chi connectivity index (χ3v) is 12.9. The van der Waals surface area contributed by atoms with Crippen molar-refractivity contribution in [1.29, 1.82) is 0 Å². The van der Waals surface area contributed by atoms with E-state index in [0.717, 1.165) is 49.7 Å². The maximum absolute atomic E-state index is 5.53. The molecule has 0 saturated heterocycles. The maximum Gasteiger partial charge on any atom is 0.165 e. The Kier molecular flexibility index (Phi) is 7.72. The van der Waals surface area contributed by atoms with Crippen LogP contribution in [0.1, 0.15) is 0 Å². The van der Waals surface area contributed by atoms with E-state index in [4.69, 9.17) is 15.0 Å². The molecular weight excluding hydrogens is 735 g/mol. The second-order valence-corrected chi connectivity index (χ2v) is 16.1. The van der Waals surface area contributed by atoms with E-state index in [9.17, 15) is 0 Å². The minimum Gasteiger partial charge on any atom is -0.208 e. The number of hydrogen-bond acceptors (Lipinski definition) is 4. The second kappa shape index (κ2) is 13.6. The quantitative estimate of drug-likeness (QED) is 0.164. The van der Waals surface area contributed by atoms with Crippen molar-refractivity contribution in [1.82, 2.24) is 15.0 Å². The maximum atomic E-state index is 5.53. The fourth-order valence-corrected chi connectivity index (χ4v) is 10.2. The van der Waals surface area contributed by atoms with Crippen LogP contribution in [-0.2, 0) is 0 Å². The average Bonchev–Trinajstić information content (AvgIpc) is 3.70. The van der Waals surface area contributed by atoms with E-state index < -0.39 is 0 Å².